The number of carboxylic acids is 1. The van der Waals surface area contributed by atoms with Crippen LogP contribution < -0.4 is 0 Å². The highest BCUT2D eigenvalue weighted by Crippen LogP contribution is 2.15. The van der Waals surface area contributed by atoms with E-state index in [0.717, 1.165) is 50.7 Å². The van der Waals surface area contributed by atoms with E-state index in [0.29, 0.717) is 0 Å². The van der Waals surface area contributed by atoms with Crippen LogP contribution in [0.15, 0.2) is 6.20 Å². The highest BCUT2D eigenvalue weighted by molar-refractivity contribution is 7.11. The van der Waals surface area contributed by atoms with Crippen LogP contribution in [-0.2, 0) is 11.3 Å². The number of carboxylic acid groups (broad SMARTS) is 1. The summed E-state index contributed by atoms with van der Waals surface area (Å²) in [5.74, 6) is -0.695. The van der Waals surface area contributed by atoms with Crippen LogP contribution in [0.5, 0.6) is 0 Å². The van der Waals surface area contributed by atoms with E-state index >= 15 is 0 Å². The smallest absolute Gasteiger partial charge is 0.303 e. The van der Waals surface area contributed by atoms with E-state index in [1.54, 1.807) is 11.3 Å². The molecular weight excluding hydrogens is 262 g/mol. The Morgan fingerprint density at radius 2 is 2.05 bits per heavy atom. The molecule has 5 nitrogen and oxygen atoms in total. The van der Waals surface area contributed by atoms with Gasteiger partial charge in [0.2, 0.25) is 0 Å². The molecule has 0 aromatic carbocycles. The molecule has 1 aliphatic rings. The minimum absolute atomic E-state index is 0.278. The standard InChI is InChI=1S/C13H21N3O2S/c1-11-14-9-12(19-11)10-16-7-5-15(6-8-16)4-2-3-13(17)18/h9H,2-8,10H2,1H3,(H,17,18). The van der Waals surface area contributed by atoms with E-state index in [9.17, 15) is 4.79 Å². The second kappa shape index (κ2) is 6.98. The Kier molecular flexibility index (Phi) is 5.30. The quantitative estimate of drug-likeness (QED) is 0.856. The Morgan fingerprint density at radius 3 is 2.63 bits per heavy atom. The fourth-order valence-corrected chi connectivity index (χ4v) is 3.16. The van der Waals surface area contributed by atoms with Gasteiger partial charge in [0.05, 0.1) is 5.01 Å². The molecule has 1 saturated heterocycles. The van der Waals surface area contributed by atoms with Crippen LogP contribution in [0.1, 0.15) is 22.7 Å². The van der Waals surface area contributed by atoms with Crippen LogP contribution in [-0.4, -0.2) is 58.6 Å². The molecule has 0 saturated carbocycles. The molecule has 1 aromatic rings. The lowest BCUT2D eigenvalue weighted by Gasteiger charge is -2.34. The number of piperazine rings is 1. The predicted molar refractivity (Wildman–Crippen MR) is 75.4 cm³/mol. The Bertz CT molecular complexity index is 414. The second-order valence-corrected chi connectivity index (χ2v) is 6.28. The Balaban J connectivity index is 1.66. The first-order chi connectivity index (χ1) is 9.13. The van der Waals surface area contributed by atoms with Gasteiger partial charge in [-0.05, 0) is 19.9 Å². The molecule has 19 heavy (non-hydrogen) atoms. The van der Waals surface area contributed by atoms with Crippen LogP contribution in [0.25, 0.3) is 0 Å². The molecule has 1 N–H and O–H groups in total. The first kappa shape index (κ1) is 14.4. The van der Waals surface area contributed by atoms with Gasteiger partial charge in [-0.1, -0.05) is 0 Å². The number of rotatable bonds is 6. The van der Waals surface area contributed by atoms with Crippen LogP contribution in [0.2, 0.25) is 0 Å². The molecule has 106 valence electrons. The third kappa shape index (κ3) is 4.89. The third-order valence-corrected chi connectivity index (χ3v) is 4.28. The van der Waals surface area contributed by atoms with Crippen molar-refractivity contribution in [2.24, 2.45) is 0 Å². The molecule has 6 heteroatoms. The number of nitrogens with zero attached hydrogens (tertiary/aromatic N) is 3. The lowest BCUT2D eigenvalue weighted by molar-refractivity contribution is -0.137. The number of aryl methyl sites for hydroxylation is 1. The van der Waals surface area contributed by atoms with Crippen molar-refractivity contribution in [1.29, 1.82) is 0 Å². The van der Waals surface area contributed by atoms with Gasteiger partial charge in [-0.25, -0.2) is 4.98 Å². The van der Waals surface area contributed by atoms with Crippen molar-refractivity contribution in [3.8, 4) is 0 Å². The molecule has 0 bridgehead atoms. The Morgan fingerprint density at radius 1 is 1.37 bits per heavy atom. The van der Waals surface area contributed by atoms with Gasteiger partial charge in [0.15, 0.2) is 0 Å². The lowest BCUT2D eigenvalue weighted by Crippen LogP contribution is -2.46. The zero-order valence-electron chi connectivity index (χ0n) is 11.3. The minimum atomic E-state index is -0.695. The van der Waals surface area contributed by atoms with Gasteiger partial charge in [0, 0.05) is 50.2 Å². The SMILES string of the molecule is Cc1ncc(CN2CCN(CCCC(=O)O)CC2)s1. The van der Waals surface area contributed by atoms with Gasteiger partial charge >= 0.3 is 5.97 Å². The number of hydrogen-bond donors (Lipinski definition) is 1. The van der Waals surface area contributed by atoms with E-state index in [4.69, 9.17) is 5.11 Å². The number of hydrogen-bond acceptors (Lipinski definition) is 5. The summed E-state index contributed by atoms with van der Waals surface area (Å²) in [6.45, 7) is 8.13. The topological polar surface area (TPSA) is 56.7 Å². The number of aromatic nitrogens is 1. The van der Waals surface area contributed by atoms with E-state index in [2.05, 4.69) is 14.8 Å². The first-order valence-corrected chi connectivity index (χ1v) is 7.53. The maximum absolute atomic E-state index is 10.5. The number of carbonyl (C=O) groups is 1. The van der Waals surface area contributed by atoms with Crippen molar-refractivity contribution in [3.05, 3.63) is 16.1 Å². The second-order valence-electron chi connectivity index (χ2n) is 4.96. The van der Waals surface area contributed by atoms with Gasteiger partial charge in [-0.15, -0.1) is 11.3 Å². The van der Waals surface area contributed by atoms with Crippen molar-refractivity contribution in [2.45, 2.75) is 26.3 Å². The molecular formula is C13H21N3O2S. The summed E-state index contributed by atoms with van der Waals surface area (Å²) in [5, 5.41) is 9.75. The van der Waals surface area contributed by atoms with Crippen molar-refractivity contribution < 1.29 is 9.90 Å². The third-order valence-electron chi connectivity index (χ3n) is 3.38. The average molecular weight is 283 g/mol. The summed E-state index contributed by atoms with van der Waals surface area (Å²) in [7, 11) is 0. The van der Waals surface area contributed by atoms with E-state index < -0.39 is 5.97 Å². The minimum Gasteiger partial charge on any atom is -0.481 e. The fourth-order valence-electron chi connectivity index (χ4n) is 2.32. The average Bonchev–Trinajstić information content (AvgIpc) is 2.77. The first-order valence-electron chi connectivity index (χ1n) is 6.71. The van der Waals surface area contributed by atoms with Crippen LogP contribution in [0, 0.1) is 6.92 Å². The largest absolute Gasteiger partial charge is 0.481 e. The summed E-state index contributed by atoms with van der Waals surface area (Å²) < 4.78 is 0. The molecule has 0 unspecified atom stereocenters. The van der Waals surface area contributed by atoms with Crippen LogP contribution >= 0.6 is 11.3 Å². The molecule has 2 rings (SSSR count). The Labute approximate surface area is 117 Å². The normalized spacial score (nSPS) is 17.7. The van der Waals surface area contributed by atoms with Crippen molar-refractivity contribution >= 4 is 17.3 Å². The van der Waals surface area contributed by atoms with Gasteiger partial charge < -0.3 is 10.0 Å². The van der Waals surface area contributed by atoms with Crippen molar-refractivity contribution in [1.82, 2.24) is 14.8 Å². The maximum atomic E-state index is 10.5. The van der Waals surface area contributed by atoms with Crippen LogP contribution in [0.4, 0.5) is 0 Å². The number of aliphatic carboxylic acids is 1. The molecule has 0 amide bonds. The van der Waals surface area contributed by atoms with E-state index in [-0.39, 0.29) is 6.42 Å². The predicted octanol–water partition coefficient (Wildman–Crippen LogP) is 1.43. The summed E-state index contributed by atoms with van der Waals surface area (Å²) >= 11 is 1.77. The van der Waals surface area contributed by atoms with Gasteiger partial charge in [-0.2, -0.15) is 0 Å². The van der Waals surface area contributed by atoms with Gasteiger partial charge in [0.1, 0.15) is 0 Å². The zero-order chi connectivity index (χ0) is 13.7. The summed E-state index contributed by atoms with van der Waals surface area (Å²) in [6, 6.07) is 0. The Hall–Kier alpha value is -0.980. The maximum Gasteiger partial charge on any atom is 0.303 e. The highest BCUT2D eigenvalue weighted by Gasteiger charge is 2.17. The van der Waals surface area contributed by atoms with E-state index in [1.165, 1.54) is 4.88 Å². The molecule has 0 aliphatic carbocycles. The summed E-state index contributed by atoms with van der Waals surface area (Å²) in [4.78, 5) is 20.9. The van der Waals surface area contributed by atoms with E-state index in [1.807, 2.05) is 13.1 Å². The molecule has 2 heterocycles. The highest BCUT2D eigenvalue weighted by atomic mass is 32.1. The van der Waals surface area contributed by atoms with Crippen molar-refractivity contribution in [3.63, 3.8) is 0 Å². The summed E-state index contributed by atoms with van der Waals surface area (Å²) in [5.41, 5.74) is 0. The van der Waals surface area contributed by atoms with Gasteiger partial charge in [0.25, 0.3) is 0 Å². The van der Waals surface area contributed by atoms with Crippen molar-refractivity contribution in [2.75, 3.05) is 32.7 Å². The molecule has 1 aliphatic heterocycles. The lowest BCUT2D eigenvalue weighted by atomic mass is 10.2. The zero-order valence-corrected chi connectivity index (χ0v) is 12.2. The monoisotopic (exact) mass is 283 g/mol. The van der Waals surface area contributed by atoms with Crippen LogP contribution in [0.3, 0.4) is 0 Å². The number of thiazole rings is 1. The fraction of sp³-hybridized carbons (Fsp3) is 0.692. The molecule has 1 fully saturated rings. The summed E-state index contributed by atoms with van der Waals surface area (Å²) in [6.07, 6.45) is 3.00. The molecule has 0 radical (unpaired) electrons. The molecule has 0 atom stereocenters. The molecule has 0 spiro atoms. The van der Waals surface area contributed by atoms with Gasteiger partial charge in [-0.3, -0.25) is 9.69 Å². The molecule has 1 aromatic heterocycles.